The molecule has 5 rings (SSSR count). The van der Waals surface area contributed by atoms with Gasteiger partial charge < -0.3 is 25.1 Å². The molecule has 4 aromatic rings. The number of anilines is 3. The number of benzene rings is 1. The summed E-state index contributed by atoms with van der Waals surface area (Å²) in [6.07, 6.45) is 3.45. The summed E-state index contributed by atoms with van der Waals surface area (Å²) in [5.74, 6) is 0.161. The molecule has 3 aromatic heterocycles. The van der Waals surface area contributed by atoms with Gasteiger partial charge in [-0.05, 0) is 30.3 Å². The van der Waals surface area contributed by atoms with Crippen molar-refractivity contribution in [3.63, 3.8) is 0 Å². The molecule has 4 heterocycles. The molecule has 0 radical (unpaired) electrons. The number of nitrogens with one attached hydrogen (secondary N) is 3. The predicted molar refractivity (Wildman–Crippen MR) is 133 cm³/mol. The van der Waals surface area contributed by atoms with Gasteiger partial charge in [0.05, 0.1) is 28.9 Å². The topological polar surface area (TPSA) is 114 Å². The first-order valence-corrected chi connectivity index (χ1v) is 11.8. The highest BCUT2D eigenvalue weighted by Gasteiger charge is 2.24. The number of carbonyl (C=O) groups excluding carboxylic acids is 1. The summed E-state index contributed by atoms with van der Waals surface area (Å²) in [5.41, 5.74) is 2.22. The zero-order chi connectivity index (χ0) is 23.7. The van der Waals surface area contributed by atoms with E-state index in [1.54, 1.807) is 18.2 Å². The Kier molecular flexibility index (Phi) is 6.55. The normalized spacial score (nSPS) is 15.4. The Hall–Kier alpha value is -2.92. The van der Waals surface area contributed by atoms with Crippen LogP contribution in [0.1, 0.15) is 16.8 Å². The van der Waals surface area contributed by atoms with Crippen molar-refractivity contribution < 1.29 is 14.3 Å². The lowest BCUT2D eigenvalue weighted by Gasteiger charge is -2.14. The van der Waals surface area contributed by atoms with E-state index in [4.69, 9.17) is 32.7 Å². The molecule has 174 valence electrons. The van der Waals surface area contributed by atoms with Crippen molar-refractivity contribution in [2.75, 3.05) is 23.8 Å². The Balaban J connectivity index is 1.49. The van der Waals surface area contributed by atoms with Crippen molar-refractivity contribution in [1.29, 1.82) is 0 Å². The van der Waals surface area contributed by atoms with E-state index in [1.165, 1.54) is 12.4 Å². The van der Waals surface area contributed by atoms with Gasteiger partial charge in [0, 0.05) is 29.0 Å². The number of hydrogen-bond donors (Lipinski definition) is 3. The van der Waals surface area contributed by atoms with E-state index in [1.807, 2.05) is 12.1 Å². The van der Waals surface area contributed by atoms with Crippen LogP contribution in [0.15, 0.2) is 47.2 Å². The summed E-state index contributed by atoms with van der Waals surface area (Å²) in [5, 5.41) is 6.58. The number of fused-ring (bicyclic) bond motifs is 1. The third kappa shape index (κ3) is 4.95. The first kappa shape index (κ1) is 22.9. The molecule has 1 amide bonds. The van der Waals surface area contributed by atoms with E-state index in [0.29, 0.717) is 58.2 Å². The fourth-order valence-electron chi connectivity index (χ4n) is 3.38. The monoisotopic (exact) mass is 562 g/mol. The van der Waals surface area contributed by atoms with Gasteiger partial charge in [0.15, 0.2) is 5.65 Å². The molecule has 0 aliphatic carbocycles. The van der Waals surface area contributed by atoms with Crippen LogP contribution in [0.3, 0.4) is 0 Å². The second-order valence-electron chi connectivity index (χ2n) is 7.46. The minimum Gasteiger partial charge on any atom is -0.471 e. The number of aromatic nitrogens is 4. The number of nitrogens with zero attached hydrogens (tertiary/aromatic N) is 3. The van der Waals surface area contributed by atoms with Crippen LogP contribution >= 0.6 is 39.1 Å². The van der Waals surface area contributed by atoms with Crippen molar-refractivity contribution in [2.24, 2.45) is 0 Å². The first-order chi connectivity index (χ1) is 16.5. The van der Waals surface area contributed by atoms with Crippen LogP contribution in [0.25, 0.3) is 11.2 Å². The maximum absolute atomic E-state index is 13.2. The number of rotatable bonds is 6. The summed E-state index contributed by atoms with van der Waals surface area (Å²) in [4.78, 5) is 29.2. The fraction of sp³-hybridized carbons (Fsp3) is 0.182. The van der Waals surface area contributed by atoms with Crippen molar-refractivity contribution in [3.8, 4) is 5.88 Å². The van der Waals surface area contributed by atoms with Gasteiger partial charge in [-0.2, -0.15) is 4.98 Å². The summed E-state index contributed by atoms with van der Waals surface area (Å²) in [7, 11) is 0. The SMILES string of the molecule is O=C(Nc1ccc(Br)cc1)c1cc2nc(Nc3c(Cl)cncc3Cl)[nH]c2nc1OC1CCOC1. The molecule has 0 spiro atoms. The lowest BCUT2D eigenvalue weighted by molar-refractivity contribution is 0.101. The molecule has 1 aliphatic rings. The van der Waals surface area contributed by atoms with Crippen LogP contribution in [0.4, 0.5) is 17.3 Å². The van der Waals surface area contributed by atoms with Gasteiger partial charge in [0.2, 0.25) is 11.8 Å². The molecule has 1 saturated heterocycles. The van der Waals surface area contributed by atoms with Gasteiger partial charge in [-0.1, -0.05) is 39.1 Å². The maximum Gasteiger partial charge on any atom is 0.261 e. The smallest absolute Gasteiger partial charge is 0.261 e. The van der Waals surface area contributed by atoms with E-state index >= 15 is 0 Å². The van der Waals surface area contributed by atoms with Crippen LogP contribution in [-0.2, 0) is 4.74 Å². The number of hydrogen-bond acceptors (Lipinski definition) is 7. The van der Waals surface area contributed by atoms with E-state index in [9.17, 15) is 4.79 Å². The number of ether oxygens (including phenoxy) is 2. The second-order valence-corrected chi connectivity index (χ2v) is 9.19. The van der Waals surface area contributed by atoms with E-state index in [-0.39, 0.29) is 23.5 Å². The molecule has 1 atom stereocenters. The average Bonchev–Trinajstić information content (AvgIpc) is 3.46. The van der Waals surface area contributed by atoms with Gasteiger partial charge in [-0.25, -0.2) is 4.98 Å². The van der Waals surface area contributed by atoms with Gasteiger partial charge >= 0.3 is 0 Å². The number of pyridine rings is 2. The fourth-order valence-corrected chi connectivity index (χ4v) is 4.10. The minimum atomic E-state index is -0.372. The molecule has 0 saturated carbocycles. The van der Waals surface area contributed by atoms with E-state index in [0.717, 1.165) is 4.47 Å². The second kappa shape index (κ2) is 9.75. The lowest BCUT2D eigenvalue weighted by atomic mass is 10.2. The molecule has 3 N–H and O–H groups in total. The standard InChI is InChI=1S/C22H17BrCl2N6O3/c23-11-1-3-12(4-2-11)27-20(32)14-7-17-19(30-21(14)34-13-5-6-33-10-13)31-22(28-17)29-18-15(24)8-26-9-16(18)25/h1-4,7-9,13H,5-6,10H2,(H,27,32)(H2,26,28,29,30,31). The Morgan fingerprint density at radius 2 is 1.94 bits per heavy atom. The molecular weight excluding hydrogens is 547 g/mol. The number of H-pyrrole nitrogens is 1. The quantitative estimate of drug-likeness (QED) is 0.280. The Morgan fingerprint density at radius 1 is 1.18 bits per heavy atom. The summed E-state index contributed by atoms with van der Waals surface area (Å²) in [6, 6.07) is 8.88. The van der Waals surface area contributed by atoms with Gasteiger partial charge in [-0.3, -0.25) is 9.78 Å². The van der Waals surface area contributed by atoms with E-state index in [2.05, 4.69) is 46.5 Å². The van der Waals surface area contributed by atoms with Crippen molar-refractivity contribution >= 4 is 73.5 Å². The highest BCUT2D eigenvalue weighted by atomic mass is 79.9. The summed E-state index contributed by atoms with van der Waals surface area (Å²) >= 11 is 15.8. The van der Waals surface area contributed by atoms with Gasteiger partial charge in [0.1, 0.15) is 17.2 Å². The number of aromatic amines is 1. The molecular formula is C22H17BrCl2N6O3. The molecule has 1 fully saturated rings. The molecule has 1 aromatic carbocycles. The number of amides is 1. The van der Waals surface area contributed by atoms with Crippen LogP contribution in [0, 0.1) is 0 Å². The van der Waals surface area contributed by atoms with Crippen molar-refractivity contribution in [1.82, 2.24) is 19.9 Å². The van der Waals surface area contributed by atoms with Crippen LogP contribution in [-0.4, -0.2) is 45.2 Å². The summed E-state index contributed by atoms with van der Waals surface area (Å²) < 4.78 is 12.3. The van der Waals surface area contributed by atoms with Crippen LogP contribution < -0.4 is 15.4 Å². The average molecular weight is 564 g/mol. The Bertz CT molecular complexity index is 1340. The molecule has 1 unspecified atom stereocenters. The number of carbonyl (C=O) groups is 1. The Labute approximate surface area is 212 Å². The summed E-state index contributed by atoms with van der Waals surface area (Å²) in [6.45, 7) is 1.03. The molecule has 34 heavy (non-hydrogen) atoms. The largest absolute Gasteiger partial charge is 0.471 e. The van der Waals surface area contributed by atoms with Crippen LogP contribution in [0.2, 0.25) is 10.0 Å². The van der Waals surface area contributed by atoms with Gasteiger partial charge in [0.25, 0.3) is 5.91 Å². The zero-order valence-electron chi connectivity index (χ0n) is 17.4. The lowest BCUT2D eigenvalue weighted by Crippen LogP contribution is -2.20. The third-order valence-corrected chi connectivity index (χ3v) is 6.15. The number of imidazole rings is 1. The maximum atomic E-state index is 13.2. The van der Waals surface area contributed by atoms with Crippen LogP contribution in [0.5, 0.6) is 5.88 Å². The van der Waals surface area contributed by atoms with Crippen molar-refractivity contribution in [3.05, 3.63) is 62.8 Å². The van der Waals surface area contributed by atoms with Gasteiger partial charge in [-0.15, -0.1) is 0 Å². The minimum absolute atomic E-state index is 0.188. The molecule has 1 aliphatic heterocycles. The Morgan fingerprint density at radius 3 is 2.65 bits per heavy atom. The third-order valence-electron chi connectivity index (χ3n) is 5.05. The molecule has 9 nitrogen and oxygen atoms in total. The first-order valence-electron chi connectivity index (χ1n) is 10.2. The highest BCUT2D eigenvalue weighted by molar-refractivity contribution is 9.10. The van der Waals surface area contributed by atoms with E-state index < -0.39 is 0 Å². The zero-order valence-corrected chi connectivity index (χ0v) is 20.5. The molecule has 0 bridgehead atoms. The number of halogens is 3. The molecule has 12 heteroatoms. The van der Waals surface area contributed by atoms with Crippen molar-refractivity contribution in [2.45, 2.75) is 12.5 Å². The highest BCUT2D eigenvalue weighted by Crippen LogP contribution is 2.32. The predicted octanol–water partition coefficient (Wildman–Crippen LogP) is 5.59.